The van der Waals surface area contributed by atoms with Gasteiger partial charge < -0.3 is 15.0 Å². The van der Waals surface area contributed by atoms with E-state index in [4.69, 9.17) is 4.74 Å². The molecule has 1 N–H and O–H groups in total. The second-order valence-corrected chi connectivity index (χ2v) is 7.57. The van der Waals surface area contributed by atoms with Crippen LogP contribution in [-0.4, -0.2) is 53.7 Å². The predicted molar refractivity (Wildman–Crippen MR) is 92.7 cm³/mol. The number of nitrogens with zero attached hydrogens (tertiary/aromatic N) is 1. The number of piperidine rings is 1. The van der Waals surface area contributed by atoms with Crippen LogP contribution in [0.1, 0.15) is 18.9 Å². The molecule has 0 unspecified atom stereocenters. The third kappa shape index (κ3) is 5.62. The third-order valence-corrected chi connectivity index (χ3v) is 5.57. The Balaban J connectivity index is 1.69. The van der Waals surface area contributed by atoms with Crippen LogP contribution in [0, 0.1) is 5.92 Å². The van der Waals surface area contributed by atoms with Crippen molar-refractivity contribution in [1.29, 1.82) is 0 Å². The summed E-state index contributed by atoms with van der Waals surface area (Å²) in [4.78, 5) is 14.0. The molecule has 5 nitrogen and oxygen atoms in total. The molecule has 1 saturated heterocycles. The average Bonchev–Trinajstić information content (AvgIpc) is 2.56. The molecule has 1 aromatic rings. The number of urea groups is 1. The van der Waals surface area contributed by atoms with Crippen LogP contribution < -0.4 is 5.32 Å². The molecule has 3 atom stereocenters. The Morgan fingerprint density at radius 3 is 2.83 bits per heavy atom. The number of likely N-dealkylation sites (tertiary alicyclic amines) is 1. The van der Waals surface area contributed by atoms with Crippen LogP contribution in [0.15, 0.2) is 30.3 Å². The molecule has 0 bridgehead atoms. The number of carbonyl (C=O) groups is 1. The highest BCUT2D eigenvalue weighted by Crippen LogP contribution is 2.19. The van der Waals surface area contributed by atoms with Crippen LogP contribution in [0.4, 0.5) is 4.79 Å². The maximum atomic E-state index is 12.2. The summed E-state index contributed by atoms with van der Waals surface area (Å²) >= 11 is 0. The van der Waals surface area contributed by atoms with Crippen molar-refractivity contribution in [2.75, 3.05) is 32.5 Å². The van der Waals surface area contributed by atoms with E-state index in [-0.39, 0.29) is 12.1 Å². The number of hydrogen-bond donors (Lipinski definition) is 1. The van der Waals surface area contributed by atoms with E-state index in [1.54, 1.807) is 12.0 Å². The molecule has 2 rings (SSSR count). The predicted octanol–water partition coefficient (Wildman–Crippen LogP) is 2.00. The zero-order chi connectivity index (χ0) is 16.7. The van der Waals surface area contributed by atoms with Crippen molar-refractivity contribution >= 4 is 16.8 Å². The van der Waals surface area contributed by atoms with E-state index < -0.39 is 10.8 Å². The Hall–Kier alpha value is -1.40. The van der Waals surface area contributed by atoms with Gasteiger partial charge in [0.2, 0.25) is 0 Å². The SMILES string of the molecule is CO[C@@H]1CN(C(=O)NCC[S@](=O)Cc2ccccc2)CC[C@@H]1C. The molecule has 128 valence electrons. The van der Waals surface area contributed by atoms with E-state index >= 15 is 0 Å². The highest BCUT2D eigenvalue weighted by molar-refractivity contribution is 7.84. The van der Waals surface area contributed by atoms with Crippen molar-refractivity contribution in [1.82, 2.24) is 10.2 Å². The number of rotatable bonds is 6. The van der Waals surface area contributed by atoms with E-state index in [1.165, 1.54) is 0 Å². The van der Waals surface area contributed by atoms with Gasteiger partial charge in [-0.2, -0.15) is 0 Å². The summed E-state index contributed by atoms with van der Waals surface area (Å²) in [5, 5.41) is 2.87. The number of nitrogens with one attached hydrogen (secondary N) is 1. The molecule has 2 amide bonds. The van der Waals surface area contributed by atoms with Gasteiger partial charge in [-0.3, -0.25) is 4.21 Å². The van der Waals surface area contributed by atoms with Crippen molar-refractivity contribution in [3.05, 3.63) is 35.9 Å². The molecule has 0 aliphatic carbocycles. The van der Waals surface area contributed by atoms with Crippen molar-refractivity contribution in [3.63, 3.8) is 0 Å². The fourth-order valence-electron chi connectivity index (χ4n) is 2.74. The minimum Gasteiger partial charge on any atom is -0.379 e. The Morgan fingerprint density at radius 2 is 2.13 bits per heavy atom. The summed E-state index contributed by atoms with van der Waals surface area (Å²) in [6.45, 7) is 3.95. The van der Waals surface area contributed by atoms with Gasteiger partial charge in [-0.25, -0.2) is 4.79 Å². The number of hydrogen-bond acceptors (Lipinski definition) is 3. The monoisotopic (exact) mass is 338 g/mol. The first kappa shape index (κ1) is 17.9. The Labute approximate surface area is 140 Å². The van der Waals surface area contributed by atoms with Crippen LogP contribution in [0.5, 0.6) is 0 Å². The second kappa shape index (κ2) is 9.03. The lowest BCUT2D eigenvalue weighted by Crippen LogP contribution is -2.50. The zero-order valence-electron chi connectivity index (χ0n) is 13.9. The molecule has 0 saturated carbocycles. The van der Waals surface area contributed by atoms with Crippen LogP contribution in [-0.2, 0) is 21.3 Å². The maximum absolute atomic E-state index is 12.2. The Kier molecular flexibility index (Phi) is 7.05. The molecular formula is C17H26N2O3S. The summed E-state index contributed by atoms with van der Waals surface area (Å²) in [5.74, 6) is 1.48. The van der Waals surface area contributed by atoms with Gasteiger partial charge in [-0.15, -0.1) is 0 Å². The molecule has 1 aliphatic heterocycles. The second-order valence-electron chi connectivity index (χ2n) is 5.99. The number of carbonyl (C=O) groups excluding carboxylic acids is 1. The molecule has 0 aromatic heterocycles. The summed E-state index contributed by atoms with van der Waals surface area (Å²) in [5.41, 5.74) is 1.06. The summed E-state index contributed by atoms with van der Waals surface area (Å²) in [7, 11) is 0.725. The van der Waals surface area contributed by atoms with Gasteiger partial charge in [0.05, 0.1) is 6.10 Å². The standard InChI is InChI=1S/C17H26N2O3S/c1-14-8-10-19(12-16(14)22-2)17(20)18-9-11-23(21)13-15-6-4-3-5-7-15/h3-7,14,16H,8-13H2,1-2H3,(H,18,20)/t14-,16+,23-/m0/s1. The minimum atomic E-state index is -0.965. The largest absolute Gasteiger partial charge is 0.379 e. The first-order valence-electron chi connectivity index (χ1n) is 8.04. The molecule has 6 heteroatoms. The molecule has 0 spiro atoms. The molecule has 1 heterocycles. The van der Waals surface area contributed by atoms with Crippen molar-refractivity contribution in [2.45, 2.75) is 25.2 Å². The fourth-order valence-corrected chi connectivity index (χ4v) is 3.78. The Morgan fingerprint density at radius 1 is 1.39 bits per heavy atom. The van der Waals surface area contributed by atoms with Gasteiger partial charge in [0.25, 0.3) is 0 Å². The van der Waals surface area contributed by atoms with Crippen LogP contribution in [0.3, 0.4) is 0 Å². The minimum absolute atomic E-state index is 0.0874. The van der Waals surface area contributed by atoms with Crippen molar-refractivity contribution in [2.24, 2.45) is 5.92 Å². The molecule has 1 aromatic carbocycles. The van der Waals surface area contributed by atoms with Crippen LogP contribution >= 0.6 is 0 Å². The van der Waals surface area contributed by atoms with Gasteiger partial charge in [0.1, 0.15) is 0 Å². The third-order valence-electron chi connectivity index (χ3n) is 4.26. The van der Waals surface area contributed by atoms with Crippen molar-refractivity contribution < 1.29 is 13.7 Å². The van der Waals surface area contributed by atoms with E-state index in [0.29, 0.717) is 30.5 Å². The van der Waals surface area contributed by atoms with Crippen LogP contribution in [0.2, 0.25) is 0 Å². The van der Waals surface area contributed by atoms with Crippen molar-refractivity contribution in [3.8, 4) is 0 Å². The number of methoxy groups -OCH3 is 1. The topological polar surface area (TPSA) is 58.6 Å². The quantitative estimate of drug-likeness (QED) is 0.863. The fraction of sp³-hybridized carbons (Fsp3) is 0.588. The summed E-state index contributed by atoms with van der Waals surface area (Å²) < 4.78 is 17.5. The van der Waals surface area contributed by atoms with E-state index in [2.05, 4.69) is 12.2 Å². The molecular weight excluding hydrogens is 312 g/mol. The first-order valence-corrected chi connectivity index (χ1v) is 9.53. The lowest BCUT2D eigenvalue weighted by molar-refractivity contribution is 0.00726. The average molecular weight is 338 g/mol. The molecule has 0 radical (unpaired) electrons. The normalized spacial score (nSPS) is 22.6. The van der Waals surface area contributed by atoms with Gasteiger partial charge in [-0.05, 0) is 17.9 Å². The van der Waals surface area contributed by atoms with E-state index in [1.807, 2.05) is 30.3 Å². The highest BCUT2D eigenvalue weighted by atomic mass is 32.2. The van der Waals surface area contributed by atoms with E-state index in [0.717, 1.165) is 18.5 Å². The van der Waals surface area contributed by atoms with Gasteiger partial charge in [0, 0.05) is 49.0 Å². The van der Waals surface area contributed by atoms with Gasteiger partial charge >= 0.3 is 6.03 Å². The molecule has 1 fully saturated rings. The van der Waals surface area contributed by atoms with Gasteiger partial charge in [0.15, 0.2) is 0 Å². The smallest absolute Gasteiger partial charge is 0.317 e. The zero-order valence-corrected chi connectivity index (χ0v) is 14.7. The summed E-state index contributed by atoms with van der Waals surface area (Å²) in [6, 6.07) is 9.68. The maximum Gasteiger partial charge on any atom is 0.317 e. The molecule has 23 heavy (non-hydrogen) atoms. The lowest BCUT2D eigenvalue weighted by atomic mass is 9.96. The lowest BCUT2D eigenvalue weighted by Gasteiger charge is -2.36. The Bertz CT molecular complexity index is 524. The van der Waals surface area contributed by atoms with Crippen LogP contribution in [0.25, 0.3) is 0 Å². The first-order chi connectivity index (χ1) is 11.1. The number of ether oxygens (including phenoxy) is 1. The molecule has 1 aliphatic rings. The van der Waals surface area contributed by atoms with Gasteiger partial charge in [-0.1, -0.05) is 37.3 Å². The highest BCUT2D eigenvalue weighted by Gasteiger charge is 2.28. The number of amides is 2. The summed E-state index contributed by atoms with van der Waals surface area (Å²) in [6.07, 6.45) is 1.05. The van der Waals surface area contributed by atoms with E-state index in [9.17, 15) is 9.00 Å². The number of benzene rings is 1.